The van der Waals surface area contributed by atoms with Gasteiger partial charge in [-0.15, -0.1) is 11.3 Å². The van der Waals surface area contributed by atoms with E-state index in [0.717, 1.165) is 22.4 Å². The van der Waals surface area contributed by atoms with Gasteiger partial charge in [0.2, 0.25) is 0 Å². The SMILES string of the molecule is O=C(NCc1cccnc1)Nc1cc2c(c(-c3cc4ccccc4s3)c1)CN=C2. The summed E-state index contributed by atoms with van der Waals surface area (Å²) in [7, 11) is 0. The van der Waals surface area contributed by atoms with E-state index in [1.165, 1.54) is 20.5 Å². The van der Waals surface area contributed by atoms with E-state index in [1.54, 1.807) is 23.7 Å². The molecule has 0 radical (unpaired) electrons. The Kier molecular flexibility index (Phi) is 4.54. The number of hydrogen-bond donors (Lipinski definition) is 2. The number of amides is 2. The second-order valence-electron chi connectivity index (χ2n) is 6.88. The Morgan fingerprint density at radius 1 is 1.10 bits per heavy atom. The summed E-state index contributed by atoms with van der Waals surface area (Å²) in [5, 5.41) is 7.06. The Morgan fingerprint density at radius 3 is 2.90 bits per heavy atom. The standard InChI is InChI=1S/C23H18N4OS/c28-23(26-12-15-4-3-7-24-11-15)27-18-8-17-13-25-14-20(17)19(10-18)22-9-16-5-1-2-6-21(16)29-22/h1-11,13H,12,14H2,(H2,26,27,28). The molecule has 2 aromatic carbocycles. The minimum Gasteiger partial charge on any atom is -0.334 e. The van der Waals surface area contributed by atoms with Crippen molar-refractivity contribution in [3.05, 3.63) is 83.7 Å². The minimum atomic E-state index is -0.244. The summed E-state index contributed by atoms with van der Waals surface area (Å²) < 4.78 is 1.25. The zero-order valence-corrected chi connectivity index (χ0v) is 16.4. The van der Waals surface area contributed by atoms with Gasteiger partial charge in [0, 0.05) is 46.0 Å². The number of carbonyl (C=O) groups excluding carboxylic acids is 1. The number of carbonyl (C=O) groups is 1. The lowest BCUT2D eigenvalue weighted by molar-refractivity contribution is 0.251. The maximum absolute atomic E-state index is 12.4. The number of nitrogens with one attached hydrogen (secondary N) is 2. The molecule has 1 aliphatic rings. The van der Waals surface area contributed by atoms with Crippen LogP contribution in [0.4, 0.5) is 10.5 Å². The molecule has 2 N–H and O–H groups in total. The maximum atomic E-state index is 12.4. The number of nitrogens with zero attached hydrogens (tertiary/aromatic N) is 2. The van der Waals surface area contributed by atoms with Gasteiger partial charge >= 0.3 is 6.03 Å². The average molecular weight is 398 g/mol. The van der Waals surface area contributed by atoms with Crippen LogP contribution in [0.5, 0.6) is 0 Å². The van der Waals surface area contributed by atoms with Crippen molar-refractivity contribution < 1.29 is 4.79 Å². The topological polar surface area (TPSA) is 66.4 Å². The van der Waals surface area contributed by atoms with Gasteiger partial charge in [-0.25, -0.2) is 4.79 Å². The number of pyridine rings is 1. The van der Waals surface area contributed by atoms with Gasteiger partial charge in [-0.1, -0.05) is 24.3 Å². The average Bonchev–Trinajstić information content (AvgIpc) is 3.39. The predicted molar refractivity (Wildman–Crippen MR) is 119 cm³/mol. The lowest BCUT2D eigenvalue weighted by Crippen LogP contribution is -2.28. The number of rotatable bonds is 4. The minimum absolute atomic E-state index is 0.244. The molecule has 2 aromatic heterocycles. The van der Waals surface area contributed by atoms with Gasteiger partial charge in [0.25, 0.3) is 0 Å². The van der Waals surface area contributed by atoms with Crippen molar-refractivity contribution in [3.63, 3.8) is 0 Å². The highest BCUT2D eigenvalue weighted by Crippen LogP contribution is 2.38. The lowest BCUT2D eigenvalue weighted by atomic mass is 10.0. The van der Waals surface area contributed by atoms with Crippen LogP contribution in [0.25, 0.3) is 20.5 Å². The van der Waals surface area contributed by atoms with Crippen molar-refractivity contribution in [2.75, 3.05) is 5.32 Å². The third kappa shape index (κ3) is 3.62. The first-order chi connectivity index (χ1) is 14.3. The first kappa shape index (κ1) is 17.6. The van der Waals surface area contributed by atoms with Crippen molar-refractivity contribution in [3.8, 4) is 10.4 Å². The zero-order valence-electron chi connectivity index (χ0n) is 15.6. The number of aliphatic imine (C=N–C) groups is 1. The molecule has 0 fully saturated rings. The first-order valence-electron chi connectivity index (χ1n) is 9.36. The number of hydrogen-bond acceptors (Lipinski definition) is 4. The third-order valence-corrected chi connectivity index (χ3v) is 6.04. The van der Waals surface area contributed by atoms with Gasteiger partial charge in [0.1, 0.15) is 0 Å². The van der Waals surface area contributed by atoms with E-state index in [0.29, 0.717) is 13.1 Å². The smallest absolute Gasteiger partial charge is 0.319 e. The fourth-order valence-corrected chi connectivity index (χ4v) is 4.59. The highest BCUT2D eigenvalue weighted by molar-refractivity contribution is 7.22. The molecule has 0 atom stereocenters. The molecule has 0 aliphatic carbocycles. The van der Waals surface area contributed by atoms with Crippen LogP contribution in [-0.4, -0.2) is 17.2 Å². The Hall–Kier alpha value is -3.51. The van der Waals surface area contributed by atoms with Crippen LogP contribution in [-0.2, 0) is 13.1 Å². The van der Waals surface area contributed by atoms with E-state index in [1.807, 2.05) is 30.5 Å². The molecule has 3 heterocycles. The van der Waals surface area contributed by atoms with Gasteiger partial charge in [0.15, 0.2) is 0 Å². The van der Waals surface area contributed by atoms with Gasteiger partial charge in [-0.3, -0.25) is 9.98 Å². The molecule has 29 heavy (non-hydrogen) atoms. The quantitative estimate of drug-likeness (QED) is 0.495. The molecule has 1 aliphatic heterocycles. The molecule has 2 amide bonds. The van der Waals surface area contributed by atoms with Crippen LogP contribution in [0.1, 0.15) is 16.7 Å². The molecule has 4 aromatic rings. The molecule has 6 heteroatoms. The summed E-state index contributed by atoms with van der Waals surface area (Å²) in [5.41, 5.74) is 5.10. The van der Waals surface area contributed by atoms with E-state index >= 15 is 0 Å². The molecule has 0 saturated heterocycles. The molecular formula is C23H18N4OS. The summed E-state index contributed by atoms with van der Waals surface area (Å²) >= 11 is 1.76. The molecular weight excluding hydrogens is 380 g/mol. The van der Waals surface area contributed by atoms with Crippen LogP contribution in [0.15, 0.2) is 72.0 Å². The van der Waals surface area contributed by atoms with Crippen LogP contribution >= 0.6 is 11.3 Å². The Balaban J connectivity index is 1.41. The normalized spacial score (nSPS) is 12.1. The number of fused-ring (bicyclic) bond motifs is 2. The molecule has 0 unspecified atom stereocenters. The van der Waals surface area contributed by atoms with Gasteiger partial charge in [-0.05, 0) is 52.4 Å². The van der Waals surface area contributed by atoms with E-state index in [2.05, 4.69) is 50.9 Å². The highest BCUT2D eigenvalue weighted by Gasteiger charge is 2.17. The second-order valence-corrected chi connectivity index (χ2v) is 7.96. The molecule has 0 bridgehead atoms. The molecule has 0 saturated carbocycles. The van der Waals surface area contributed by atoms with E-state index in [-0.39, 0.29) is 6.03 Å². The summed E-state index contributed by atoms with van der Waals surface area (Å²) in [4.78, 5) is 22.1. The van der Waals surface area contributed by atoms with Gasteiger partial charge in [0.05, 0.1) is 6.54 Å². The maximum Gasteiger partial charge on any atom is 0.319 e. The van der Waals surface area contributed by atoms with Crippen LogP contribution in [0.3, 0.4) is 0 Å². The molecule has 0 spiro atoms. The summed E-state index contributed by atoms with van der Waals surface area (Å²) in [6.45, 7) is 1.10. The van der Waals surface area contributed by atoms with Crippen LogP contribution in [0, 0.1) is 0 Å². The highest BCUT2D eigenvalue weighted by atomic mass is 32.1. The van der Waals surface area contributed by atoms with Crippen LogP contribution < -0.4 is 10.6 Å². The molecule has 5 rings (SSSR count). The summed E-state index contributed by atoms with van der Waals surface area (Å²) in [6.07, 6.45) is 5.34. The molecule has 5 nitrogen and oxygen atoms in total. The second kappa shape index (κ2) is 7.48. The largest absolute Gasteiger partial charge is 0.334 e. The fraction of sp³-hybridized carbons (Fsp3) is 0.0870. The molecule has 142 valence electrons. The van der Waals surface area contributed by atoms with Crippen molar-refractivity contribution in [1.29, 1.82) is 0 Å². The van der Waals surface area contributed by atoms with Crippen molar-refractivity contribution >= 4 is 39.4 Å². The zero-order chi connectivity index (χ0) is 19.6. The Morgan fingerprint density at radius 2 is 2.03 bits per heavy atom. The number of thiophene rings is 1. The van der Waals surface area contributed by atoms with Crippen molar-refractivity contribution in [2.45, 2.75) is 13.1 Å². The van der Waals surface area contributed by atoms with Gasteiger partial charge < -0.3 is 10.6 Å². The Bertz CT molecular complexity index is 1200. The summed E-state index contributed by atoms with van der Waals surface area (Å²) in [6, 6.07) is 18.1. The van der Waals surface area contributed by atoms with E-state index in [9.17, 15) is 4.79 Å². The van der Waals surface area contributed by atoms with Crippen LogP contribution in [0.2, 0.25) is 0 Å². The number of anilines is 1. The number of urea groups is 1. The number of aromatic nitrogens is 1. The monoisotopic (exact) mass is 398 g/mol. The van der Waals surface area contributed by atoms with Crippen molar-refractivity contribution in [1.82, 2.24) is 10.3 Å². The Labute approximate surface area is 172 Å². The van der Waals surface area contributed by atoms with E-state index < -0.39 is 0 Å². The first-order valence-corrected chi connectivity index (χ1v) is 10.2. The third-order valence-electron chi connectivity index (χ3n) is 4.89. The van der Waals surface area contributed by atoms with Crippen molar-refractivity contribution in [2.24, 2.45) is 4.99 Å². The van der Waals surface area contributed by atoms with E-state index in [4.69, 9.17) is 0 Å². The number of benzene rings is 2. The fourth-order valence-electron chi connectivity index (χ4n) is 3.49. The predicted octanol–water partition coefficient (Wildman–Crippen LogP) is 5.22. The summed E-state index contributed by atoms with van der Waals surface area (Å²) in [5.74, 6) is 0. The van der Waals surface area contributed by atoms with Gasteiger partial charge in [-0.2, -0.15) is 0 Å². The lowest BCUT2D eigenvalue weighted by Gasteiger charge is -2.12.